The van der Waals surface area contributed by atoms with Crippen molar-refractivity contribution in [3.05, 3.63) is 0 Å². The Bertz CT molecular complexity index is 210. The maximum atomic E-state index is 10.1. The summed E-state index contributed by atoms with van der Waals surface area (Å²) in [7, 11) is 1.75. The zero-order valence-corrected chi connectivity index (χ0v) is 11.3. The Labute approximate surface area is 105 Å². The summed E-state index contributed by atoms with van der Waals surface area (Å²) >= 11 is 0. The molecule has 17 heavy (non-hydrogen) atoms. The quantitative estimate of drug-likeness (QED) is 0.731. The third-order valence-electron chi connectivity index (χ3n) is 3.72. The van der Waals surface area contributed by atoms with Crippen LogP contribution >= 0.6 is 0 Å². The van der Waals surface area contributed by atoms with Crippen molar-refractivity contribution in [2.24, 2.45) is 5.73 Å². The molecule has 2 unspecified atom stereocenters. The molecule has 0 aliphatic carbocycles. The summed E-state index contributed by atoms with van der Waals surface area (Å²) in [5, 5.41) is 10.1. The van der Waals surface area contributed by atoms with Gasteiger partial charge >= 0.3 is 0 Å². The van der Waals surface area contributed by atoms with Crippen molar-refractivity contribution in [2.45, 2.75) is 50.7 Å². The zero-order chi connectivity index (χ0) is 12.7. The average molecular weight is 244 g/mol. The summed E-state index contributed by atoms with van der Waals surface area (Å²) in [6.45, 7) is 5.48. The number of hydrogen-bond donors (Lipinski definition) is 2. The monoisotopic (exact) mass is 244 g/mol. The molecule has 1 aliphatic heterocycles. The summed E-state index contributed by atoms with van der Waals surface area (Å²) in [6, 6.07) is 0.456. The van der Waals surface area contributed by atoms with E-state index in [9.17, 15) is 5.11 Å². The van der Waals surface area contributed by atoms with Gasteiger partial charge in [-0.25, -0.2) is 0 Å². The van der Waals surface area contributed by atoms with Crippen molar-refractivity contribution >= 4 is 0 Å². The van der Waals surface area contributed by atoms with E-state index in [2.05, 4.69) is 4.90 Å². The predicted octanol–water partition coefficient (Wildman–Crippen LogP) is 0.977. The Morgan fingerprint density at radius 1 is 1.41 bits per heavy atom. The van der Waals surface area contributed by atoms with Gasteiger partial charge in [0.25, 0.3) is 0 Å². The first kappa shape index (κ1) is 14.9. The normalized spacial score (nSPS) is 28.9. The van der Waals surface area contributed by atoms with E-state index in [1.807, 2.05) is 6.92 Å². The first-order chi connectivity index (χ1) is 8.09. The minimum Gasteiger partial charge on any atom is -0.390 e. The molecule has 1 heterocycles. The summed E-state index contributed by atoms with van der Waals surface area (Å²) in [4.78, 5) is 2.46. The van der Waals surface area contributed by atoms with Gasteiger partial charge in [0, 0.05) is 19.7 Å². The lowest BCUT2D eigenvalue weighted by atomic mass is 9.98. The molecule has 1 saturated heterocycles. The highest BCUT2D eigenvalue weighted by atomic mass is 16.5. The van der Waals surface area contributed by atoms with E-state index in [0.717, 1.165) is 58.3 Å². The Kier molecular flexibility index (Phi) is 6.41. The molecule has 0 aromatic carbocycles. The van der Waals surface area contributed by atoms with Crippen molar-refractivity contribution in [1.82, 2.24) is 4.90 Å². The van der Waals surface area contributed by atoms with Crippen molar-refractivity contribution in [2.75, 3.05) is 33.4 Å². The molecule has 0 aromatic rings. The third-order valence-corrected chi connectivity index (χ3v) is 3.72. The van der Waals surface area contributed by atoms with E-state index in [0.29, 0.717) is 6.04 Å². The van der Waals surface area contributed by atoms with Gasteiger partial charge in [-0.1, -0.05) is 0 Å². The maximum absolute atomic E-state index is 10.1. The van der Waals surface area contributed by atoms with Gasteiger partial charge in [-0.2, -0.15) is 0 Å². The van der Waals surface area contributed by atoms with Gasteiger partial charge < -0.3 is 15.6 Å². The molecule has 0 saturated carbocycles. The van der Waals surface area contributed by atoms with Crippen LogP contribution in [0.4, 0.5) is 0 Å². The standard InChI is InChI=1S/C13H28N2O2/c1-13(16)6-4-9-15(10-7-13)12(11-17-2)5-3-8-14/h12,16H,3-11,14H2,1-2H3. The number of aliphatic hydroxyl groups is 1. The SMILES string of the molecule is COCC(CCCN)N1CCCC(C)(O)CC1. The molecule has 4 nitrogen and oxygen atoms in total. The molecular formula is C13H28N2O2. The molecule has 0 amide bonds. The fourth-order valence-electron chi connectivity index (χ4n) is 2.57. The average Bonchev–Trinajstić information content (AvgIpc) is 2.46. The largest absolute Gasteiger partial charge is 0.390 e. The highest BCUT2D eigenvalue weighted by Gasteiger charge is 2.27. The fraction of sp³-hybridized carbons (Fsp3) is 1.00. The second kappa shape index (κ2) is 7.31. The van der Waals surface area contributed by atoms with Gasteiger partial charge in [0.15, 0.2) is 0 Å². The molecule has 0 bridgehead atoms. The van der Waals surface area contributed by atoms with Gasteiger partial charge in [-0.3, -0.25) is 4.90 Å². The van der Waals surface area contributed by atoms with Crippen molar-refractivity contribution < 1.29 is 9.84 Å². The highest BCUT2D eigenvalue weighted by Crippen LogP contribution is 2.23. The first-order valence-electron chi connectivity index (χ1n) is 6.74. The summed E-state index contributed by atoms with van der Waals surface area (Å²) < 4.78 is 5.30. The summed E-state index contributed by atoms with van der Waals surface area (Å²) in [5.74, 6) is 0. The zero-order valence-electron chi connectivity index (χ0n) is 11.3. The van der Waals surface area contributed by atoms with Gasteiger partial charge in [-0.05, 0) is 52.1 Å². The fourth-order valence-corrected chi connectivity index (χ4v) is 2.57. The number of rotatable bonds is 6. The maximum Gasteiger partial charge on any atom is 0.0632 e. The minimum atomic E-state index is -0.486. The number of nitrogens with two attached hydrogens (primary N) is 1. The molecule has 2 atom stereocenters. The number of ether oxygens (including phenoxy) is 1. The van der Waals surface area contributed by atoms with E-state index < -0.39 is 5.60 Å². The van der Waals surface area contributed by atoms with Crippen LogP contribution in [-0.4, -0.2) is 55.0 Å². The van der Waals surface area contributed by atoms with Crippen LogP contribution in [-0.2, 0) is 4.74 Å². The lowest BCUT2D eigenvalue weighted by Gasteiger charge is -2.30. The van der Waals surface area contributed by atoms with Crippen LogP contribution in [0, 0.1) is 0 Å². The number of hydrogen-bond acceptors (Lipinski definition) is 4. The highest BCUT2D eigenvalue weighted by molar-refractivity contribution is 4.82. The van der Waals surface area contributed by atoms with Crippen LogP contribution in [0.15, 0.2) is 0 Å². The van der Waals surface area contributed by atoms with Crippen LogP contribution in [0.1, 0.15) is 39.0 Å². The van der Waals surface area contributed by atoms with Crippen molar-refractivity contribution in [3.63, 3.8) is 0 Å². The van der Waals surface area contributed by atoms with Crippen LogP contribution in [0.3, 0.4) is 0 Å². The molecule has 0 aromatic heterocycles. The predicted molar refractivity (Wildman–Crippen MR) is 70.0 cm³/mol. The Hall–Kier alpha value is -0.160. The van der Waals surface area contributed by atoms with Crippen LogP contribution in [0.5, 0.6) is 0 Å². The molecule has 0 radical (unpaired) electrons. The number of likely N-dealkylation sites (tertiary alicyclic amines) is 1. The molecular weight excluding hydrogens is 216 g/mol. The lowest BCUT2D eigenvalue weighted by molar-refractivity contribution is 0.0381. The molecule has 0 spiro atoms. The van der Waals surface area contributed by atoms with Gasteiger partial charge in [0.1, 0.15) is 0 Å². The Balaban J connectivity index is 2.48. The summed E-state index contributed by atoms with van der Waals surface area (Å²) in [6.07, 6.45) is 4.96. The van der Waals surface area contributed by atoms with E-state index >= 15 is 0 Å². The van der Waals surface area contributed by atoms with Crippen LogP contribution in [0.2, 0.25) is 0 Å². The lowest BCUT2D eigenvalue weighted by Crippen LogP contribution is -2.40. The first-order valence-corrected chi connectivity index (χ1v) is 6.74. The Morgan fingerprint density at radius 2 is 2.18 bits per heavy atom. The van der Waals surface area contributed by atoms with E-state index in [4.69, 9.17) is 10.5 Å². The number of nitrogens with zero attached hydrogens (tertiary/aromatic N) is 1. The van der Waals surface area contributed by atoms with E-state index in [1.165, 1.54) is 0 Å². The second-order valence-electron chi connectivity index (χ2n) is 5.43. The third kappa shape index (κ3) is 5.34. The van der Waals surface area contributed by atoms with Gasteiger partial charge in [-0.15, -0.1) is 0 Å². The number of methoxy groups -OCH3 is 1. The Morgan fingerprint density at radius 3 is 2.82 bits per heavy atom. The minimum absolute atomic E-state index is 0.456. The molecule has 1 aliphatic rings. The topological polar surface area (TPSA) is 58.7 Å². The molecule has 102 valence electrons. The van der Waals surface area contributed by atoms with Crippen molar-refractivity contribution in [3.8, 4) is 0 Å². The molecule has 1 fully saturated rings. The second-order valence-corrected chi connectivity index (χ2v) is 5.43. The molecule has 1 rings (SSSR count). The smallest absolute Gasteiger partial charge is 0.0632 e. The van der Waals surface area contributed by atoms with Gasteiger partial charge in [0.05, 0.1) is 12.2 Å². The van der Waals surface area contributed by atoms with E-state index in [-0.39, 0.29) is 0 Å². The van der Waals surface area contributed by atoms with Crippen molar-refractivity contribution in [1.29, 1.82) is 0 Å². The van der Waals surface area contributed by atoms with Crippen LogP contribution < -0.4 is 5.73 Å². The van der Waals surface area contributed by atoms with Crippen LogP contribution in [0.25, 0.3) is 0 Å². The van der Waals surface area contributed by atoms with E-state index in [1.54, 1.807) is 7.11 Å². The summed E-state index contributed by atoms with van der Waals surface area (Å²) in [5.41, 5.74) is 5.09. The van der Waals surface area contributed by atoms with Gasteiger partial charge in [0.2, 0.25) is 0 Å². The molecule has 4 heteroatoms. The molecule has 3 N–H and O–H groups in total.